The molecule has 0 N–H and O–H groups in total. The van der Waals surface area contributed by atoms with Gasteiger partial charge in [0.25, 0.3) is 0 Å². The fourth-order valence-corrected chi connectivity index (χ4v) is 2.64. The summed E-state index contributed by atoms with van der Waals surface area (Å²) in [5.41, 5.74) is 3.67. The number of hydrogen-bond donors (Lipinski definition) is 0. The van der Waals surface area contributed by atoms with Gasteiger partial charge in [0.05, 0.1) is 21.3 Å². The smallest absolute Gasteiger partial charge is 0.203 e. The molecule has 3 rings (SSSR count). The molecule has 1 aliphatic carbocycles. The summed E-state index contributed by atoms with van der Waals surface area (Å²) in [7, 11) is 4.90. The fraction of sp³-hybridized carbons (Fsp3) is 0.333. The van der Waals surface area contributed by atoms with Crippen LogP contribution in [0, 0.1) is 0 Å². The molecule has 2 aromatic carbocycles. The van der Waals surface area contributed by atoms with E-state index in [-0.39, 0.29) is 0 Å². The highest BCUT2D eigenvalue weighted by molar-refractivity contribution is 5.71. The number of rotatable bonds is 5. The van der Waals surface area contributed by atoms with Crippen LogP contribution in [0.4, 0.5) is 0 Å². The standard InChI is InChI=1S/C18H20O3/c1-19-16-10-15(11-17(20-2)18(16)21-3)14-6-4-5-13(9-14)12-7-8-12/h4-6,9-12H,7-8H2,1-3H3. The van der Waals surface area contributed by atoms with Crippen molar-refractivity contribution in [3.8, 4) is 28.4 Å². The van der Waals surface area contributed by atoms with E-state index in [4.69, 9.17) is 14.2 Å². The van der Waals surface area contributed by atoms with Crippen molar-refractivity contribution in [2.75, 3.05) is 21.3 Å². The zero-order valence-corrected chi connectivity index (χ0v) is 12.7. The van der Waals surface area contributed by atoms with E-state index in [0.717, 1.165) is 11.5 Å². The molecule has 0 unspecified atom stereocenters. The summed E-state index contributed by atoms with van der Waals surface area (Å²) in [4.78, 5) is 0. The molecule has 0 heterocycles. The lowest BCUT2D eigenvalue weighted by atomic mass is 10.0. The summed E-state index contributed by atoms with van der Waals surface area (Å²) in [5, 5.41) is 0. The summed E-state index contributed by atoms with van der Waals surface area (Å²) >= 11 is 0. The number of ether oxygens (including phenoxy) is 3. The molecular weight excluding hydrogens is 264 g/mol. The topological polar surface area (TPSA) is 27.7 Å². The fourth-order valence-electron chi connectivity index (χ4n) is 2.64. The molecule has 0 aliphatic heterocycles. The lowest BCUT2D eigenvalue weighted by molar-refractivity contribution is 0.324. The third-order valence-electron chi connectivity index (χ3n) is 3.93. The van der Waals surface area contributed by atoms with Crippen LogP contribution in [0.2, 0.25) is 0 Å². The summed E-state index contributed by atoms with van der Waals surface area (Å²) in [5.74, 6) is 2.74. The summed E-state index contributed by atoms with van der Waals surface area (Å²) in [6, 6.07) is 12.7. The van der Waals surface area contributed by atoms with E-state index in [9.17, 15) is 0 Å². The van der Waals surface area contributed by atoms with Gasteiger partial charge in [-0.2, -0.15) is 0 Å². The van der Waals surface area contributed by atoms with Crippen molar-refractivity contribution in [2.24, 2.45) is 0 Å². The Hall–Kier alpha value is -2.16. The van der Waals surface area contributed by atoms with Crippen molar-refractivity contribution in [1.29, 1.82) is 0 Å². The Morgan fingerprint density at radius 2 is 1.48 bits per heavy atom. The Labute approximate surface area is 125 Å². The van der Waals surface area contributed by atoms with Crippen LogP contribution in [-0.4, -0.2) is 21.3 Å². The second kappa shape index (κ2) is 5.68. The lowest BCUT2D eigenvalue weighted by Crippen LogP contribution is -1.95. The maximum absolute atomic E-state index is 5.43. The second-order valence-electron chi connectivity index (χ2n) is 5.31. The minimum Gasteiger partial charge on any atom is -0.493 e. The van der Waals surface area contributed by atoms with Crippen LogP contribution in [0.15, 0.2) is 36.4 Å². The molecule has 0 radical (unpaired) electrons. The Kier molecular flexibility index (Phi) is 3.74. The lowest BCUT2D eigenvalue weighted by Gasteiger charge is -2.14. The van der Waals surface area contributed by atoms with Crippen molar-refractivity contribution >= 4 is 0 Å². The van der Waals surface area contributed by atoms with Gasteiger partial charge in [0.1, 0.15) is 0 Å². The summed E-state index contributed by atoms with van der Waals surface area (Å²) in [6.07, 6.45) is 2.61. The van der Waals surface area contributed by atoms with Gasteiger partial charge in [-0.3, -0.25) is 0 Å². The predicted molar refractivity (Wildman–Crippen MR) is 83.5 cm³/mol. The van der Waals surface area contributed by atoms with Crippen LogP contribution >= 0.6 is 0 Å². The van der Waals surface area contributed by atoms with Crippen LogP contribution < -0.4 is 14.2 Å². The molecule has 2 aromatic rings. The average Bonchev–Trinajstić information content (AvgIpc) is 3.38. The van der Waals surface area contributed by atoms with Crippen LogP contribution in [0.5, 0.6) is 17.2 Å². The van der Waals surface area contributed by atoms with Crippen LogP contribution in [0.25, 0.3) is 11.1 Å². The summed E-state index contributed by atoms with van der Waals surface area (Å²) < 4.78 is 16.2. The molecule has 0 saturated heterocycles. The maximum Gasteiger partial charge on any atom is 0.203 e. The molecule has 1 saturated carbocycles. The third-order valence-corrected chi connectivity index (χ3v) is 3.93. The molecule has 110 valence electrons. The normalized spacial score (nSPS) is 13.9. The molecule has 0 spiro atoms. The monoisotopic (exact) mass is 284 g/mol. The van der Waals surface area contributed by atoms with Gasteiger partial charge < -0.3 is 14.2 Å². The zero-order valence-electron chi connectivity index (χ0n) is 12.7. The quantitative estimate of drug-likeness (QED) is 0.821. The molecule has 0 aromatic heterocycles. The van der Waals surface area contributed by atoms with Gasteiger partial charge in [0, 0.05) is 0 Å². The van der Waals surface area contributed by atoms with E-state index in [0.29, 0.717) is 17.2 Å². The molecule has 1 fully saturated rings. The van der Waals surface area contributed by atoms with Gasteiger partial charge in [0.15, 0.2) is 11.5 Å². The second-order valence-corrected chi connectivity index (χ2v) is 5.31. The molecule has 0 bridgehead atoms. The highest BCUT2D eigenvalue weighted by atomic mass is 16.5. The molecular formula is C18H20O3. The van der Waals surface area contributed by atoms with Gasteiger partial charge in [-0.1, -0.05) is 24.3 Å². The van der Waals surface area contributed by atoms with E-state index < -0.39 is 0 Å². The zero-order chi connectivity index (χ0) is 14.8. The Bertz CT molecular complexity index is 620. The van der Waals surface area contributed by atoms with E-state index in [1.807, 2.05) is 12.1 Å². The molecule has 3 nitrogen and oxygen atoms in total. The Morgan fingerprint density at radius 1 is 0.810 bits per heavy atom. The highest BCUT2D eigenvalue weighted by Crippen LogP contribution is 2.43. The summed E-state index contributed by atoms with van der Waals surface area (Å²) in [6.45, 7) is 0. The van der Waals surface area contributed by atoms with Crippen LogP contribution in [0.3, 0.4) is 0 Å². The van der Waals surface area contributed by atoms with E-state index in [1.54, 1.807) is 21.3 Å². The number of hydrogen-bond acceptors (Lipinski definition) is 3. The van der Waals surface area contributed by atoms with E-state index in [2.05, 4.69) is 24.3 Å². The average molecular weight is 284 g/mol. The van der Waals surface area contributed by atoms with Crippen molar-refractivity contribution < 1.29 is 14.2 Å². The Balaban J connectivity index is 2.07. The minimum atomic E-state index is 0.627. The third kappa shape index (κ3) is 2.68. The molecule has 21 heavy (non-hydrogen) atoms. The van der Waals surface area contributed by atoms with E-state index in [1.165, 1.54) is 24.0 Å². The Morgan fingerprint density at radius 3 is 2.00 bits per heavy atom. The first-order valence-electron chi connectivity index (χ1n) is 7.17. The van der Waals surface area contributed by atoms with Gasteiger partial charge in [-0.05, 0) is 47.6 Å². The van der Waals surface area contributed by atoms with Crippen LogP contribution in [0.1, 0.15) is 24.3 Å². The van der Waals surface area contributed by atoms with Crippen molar-refractivity contribution in [3.63, 3.8) is 0 Å². The van der Waals surface area contributed by atoms with Gasteiger partial charge in [0.2, 0.25) is 5.75 Å². The van der Waals surface area contributed by atoms with Crippen molar-refractivity contribution in [2.45, 2.75) is 18.8 Å². The SMILES string of the molecule is COc1cc(-c2cccc(C3CC3)c2)cc(OC)c1OC. The first kappa shape index (κ1) is 13.8. The number of methoxy groups -OCH3 is 3. The molecule has 3 heteroatoms. The van der Waals surface area contributed by atoms with Gasteiger partial charge >= 0.3 is 0 Å². The predicted octanol–water partition coefficient (Wildman–Crippen LogP) is 4.26. The first-order chi connectivity index (χ1) is 10.3. The van der Waals surface area contributed by atoms with Crippen molar-refractivity contribution in [3.05, 3.63) is 42.0 Å². The van der Waals surface area contributed by atoms with Gasteiger partial charge in [-0.15, -0.1) is 0 Å². The molecule has 0 atom stereocenters. The maximum atomic E-state index is 5.43. The largest absolute Gasteiger partial charge is 0.493 e. The van der Waals surface area contributed by atoms with Gasteiger partial charge in [-0.25, -0.2) is 0 Å². The number of benzene rings is 2. The minimum absolute atomic E-state index is 0.627. The van der Waals surface area contributed by atoms with Crippen LogP contribution in [-0.2, 0) is 0 Å². The molecule has 0 amide bonds. The first-order valence-corrected chi connectivity index (χ1v) is 7.17. The van der Waals surface area contributed by atoms with E-state index >= 15 is 0 Å². The van der Waals surface area contributed by atoms with Crippen molar-refractivity contribution in [1.82, 2.24) is 0 Å². The molecule has 1 aliphatic rings. The highest BCUT2D eigenvalue weighted by Gasteiger charge is 2.23.